The zero-order chi connectivity index (χ0) is 13.6. The highest BCUT2D eigenvalue weighted by atomic mass is 32.1. The molecule has 0 spiro atoms. The number of thiophene rings is 2. The Labute approximate surface area is 115 Å². The van der Waals surface area contributed by atoms with Crippen LogP contribution < -0.4 is 0 Å². The van der Waals surface area contributed by atoms with Crippen LogP contribution in [0.2, 0.25) is 0 Å². The molecule has 0 amide bonds. The monoisotopic (exact) mass is 292 g/mol. The van der Waals surface area contributed by atoms with Crippen molar-refractivity contribution < 1.29 is 15.0 Å². The van der Waals surface area contributed by atoms with Crippen LogP contribution in [0.25, 0.3) is 20.9 Å². The summed E-state index contributed by atoms with van der Waals surface area (Å²) in [5, 5.41) is 21.4. The number of carboxylic acid groups (broad SMARTS) is 1. The van der Waals surface area contributed by atoms with Crippen molar-refractivity contribution >= 4 is 38.9 Å². The first kappa shape index (κ1) is 12.1. The molecule has 0 aliphatic carbocycles. The molecule has 0 saturated heterocycles. The van der Waals surface area contributed by atoms with Crippen LogP contribution >= 0.6 is 22.7 Å². The topological polar surface area (TPSA) is 83.3 Å². The summed E-state index contributed by atoms with van der Waals surface area (Å²) in [4.78, 5) is 21.0. The molecule has 19 heavy (non-hydrogen) atoms. The van der Waals surface area contributed by atoms with Crippen molar-refractivity contribution in [2.45, 2.75) is 6.92 Å². The lowest BCUT2D eigenvalue weighted by Crippen LogP contribution is -1.93. The lowest BCUT2D eigenvalue weighted by atomic mass is 10.2. The third-order valence-electron chi connectivity index (χ3n) is 2.71. The number of carbonyl (C=O) groups is 1. The number of aromatic hydroxyl groups is 1. The first-order valence-electron chi connectivity index (χ1n) is 5.35. The van der Waals surface area contributed by atoms with Gasteiger partial charge < -0.3 is 10.2 Å². The zero-order valence-electron chi connectivity index (χ0n) is 9.75. The minimum atomic E-state index is -1.02. The van der Waals surface area contributed by atoms with Gasteiger partial charge in [-0.25, -0.2) is 9.78 Å². The second kappa shape index (κ2) is 4.29. The van der Waals surface area contributed by atoms with Crippen LogP contribution in [-0.4, -0.2) is 26.2 Å². The van der Waals surface area contributed by atoms with Crippen molar-refractivity contribution in [3.8, 4) is 16.6 Å². The van der Waals surface area contributed by atoms with Crippen LogP contribution in [-0.2, 0) is 0 Å². The van der Waals surface area contributed by atoms with E-state index in [-0.39, 0.29) is 10.8 Å². The van der Waals surface area contributed by atoms with Crippen molar-refractivity contribution in [3.63, 3.8) is 0 Å². The number of aromatic carboxylic acids is 1. The number of rotatable bonds is 2. The van der Waals surface area contributed by atoms with Crippen LogP contribution in [0.4, 0.5) is 0 Å². The molecule has 96 valence electrons. The number of hydrogen-bond acceptors (Lipinski definition) is 6. The Morgan fingerprint density at radius 2 is 2.16 bits per heavy atom. The summed E-state index contributed by atoms with van der Waals surface area (Å²) in [6.07, 6.45) is 0. The maximum absolute atomic E-state index is 11.1. The smallest absolute Gasteiger partial charge is 0.346 e. The van der Waals surface area contributed by atoms with E-state index in [1.807, 2.05) is 17.5 Å². The van der Waals surface area contributed by atoms with Gasteiger partial charge in [0.15, 0.2) is 5.82 Å². The van der Waals surface area contributed by atoms with Gasteiger partial charge in [0.05, 0.1) is 10.3 Å². The molecule has 7 heteroatoms. The SMILES string of the molecule is Cc1c(C(=O)O)sc2nc(-c3cccs3)nc(O)c12. The average Bonchev–Trinajstić information content (AvgIpc) is 2.96. The van der Waals surface area contributed by atoms with Crippen molar-refractivity contribution in [3.05, 3.63) is 28.0 Å². The maximum Gasteiger partial charge on any atom is 0.346 e. The molecule has 0 unspecified atom stereocenters. The summed E-state index contributed by atoms with van der Waals surface area (Å²) < 4.78 is 0. The molecule has 3 aromatic rings. The Morgan fingerprint density at radius 1 is 1.37 bits per heavy atom. The highest BCUT2D eigenvalue weighted by molar-refractivity contribution is 7.20. The summed E-state index contributed by atoms with van der Waals surface area (Å²) in [5.74, 6) is -0.773. The highest BCUT2D eigenvalue weighted by Gasteiger charge is 2.20. The molecule has 0 aromatic carbocycles. The van der Waals surface area contributed by atoms with Crippen molar-refractivity contribution in [1.82, 2.24) is 9.97 Å². The standard InChI is InChI=1S/C12H8N2O3S2/c1-5-7-10(15)13-9(6-3-2-4-18-6)14-11(7)19-8(5)12(16)17/h2-4H,1H3,(H,16,17)(H,13,14,15). The van der Waals surface area contributed by atoms with Gasteiger partial charge in [-0.2, -0.15) is 4.98 Å². The van der Waals surface area contributed by atoms with Crippen LogP contribution in [0.1, 0.15) is 15.2 Å². The average molecular weight is 292 g/mol. The molecule has 0 atom stereocenters. The third kappa shape index (κ3) is 1.87. The minimum Gasteiger partial charge on any atom is -0.493 e. The molecular weight excluding hydrogens is 284 g/mol. The van der Waals surface area contributed by atoms with Gasteiger partial charge >= 0.3 is 5.97 Å². The Hall–Kier alpha value is -1.99. The first-order valence-corrected chi connectivity index (χ1v) is 7.05. The van der Waals surface area contributed by atoms with Gasteiger partial charge in [0.2, 0.25) is 5.88 Å². The van der Waals surface area contributed by atoms with E-state index in [4.69, 9.17) is 5.11 Å². The molecule has 3 aromatic heterocycles. The quantitative estimate of drug-likeness (QED) is 0.758. The van der Waals surface area contributed by atoms with Gasteiger partial charge in [-0.15, -0.1) is 22.7 Å². The molecule has 0 bridgehead atoms. The van der Waals surface area contributed by atoms with E-state index in [1.54, 1.807) is 6.92 Å². The van der Waals surface area contributed by atoms with E-state index < -0.39 is 5.97 Å². The van der Waals surface area contributed by atoms with E-state index in [2.05, 4.69) is 9.97 Å². The van der Waals surface area contributed by atoms with Gasteiger partial charge in [-0.1, -0.05) is 6.07 Å². The van der Waals surface area contributed by atoms with Crippen LogP contribution in [0.15, 0.2) is 17.5 Å². The number of nitrogens with zero attached hydrogens (tertiary/aromatic N) is 2. The van der Waals surface area contributed by atoms with Gasteiger partial charge in [0.1, 0.15) is 9.71 Å². The molecule has 0 fully saturated rings. The number of fused-ring (bicyclic) bond motifs is 1. The molecule has 0 aliphatic heterocycles. The Bertz CT molecular complexity index is 778. The molecule has 2 N–H and O–H groups in total. The molecule has 3 heterocycles. The number of aryl methyl sites for hydroxylation is 1. The lowest BCUT2D eigenvalue weighted by Gasteiger charge is -1.99. The van der Waals surface area contributed by atoms with E-state index in [1.165, 1.54) is 11.3 Å². The predicted molar refractivity (Wildman–Crippen MR) is 74.1 cm³/mol. The number of hydrogen-bond donors (Lipinski definition) is 2. The summed E-state index contributed by atoms with van der Waals surface area (Å²) >= 11 is 2.51. The van der Waals surface area contributed by atoms with Gasteiger partial charge in [-0.05, 0) is 23.9 Å². The molecule has 0 radical (unpaired) electrons. The van der Waals surface area contributed by atoms with E-state index in [9.17, 15) is 9.90 Å². The summed E-state index contributed by atoms with van der Waals surface area (Å²) in [6.45, 7) is 1.65. The number of carboxylic acids is 1. The second-order valence-electron chi connectivity index (χ2n) is 3.89. The van der Waals surface area contributed by atoms with Crippen LogP contribution in [0.3, 0.4) is 0 Å². The fourth-order valence-corrected chi connectivity index (χ4v) is 3.51. The van der Waals surface area contributed by atoms with Gasteiger partial charge in [0.25, 0.3) is 0 Å². The van der Waals surface area contributed by atoms with E-state index in [0.29, 0.717) is 21.6 Å². The molecule has 0 saturated carbocycles. The maximum atomic E-state index is 11.1. The van der Waals surface area contributed by atoms with E-state index >= 15 is 0 Å². The third-order valence-corrected chi connectivity index (χ3v) is 4.75. The zero-order valence-corrected chi connectivity index (χ0v) is 11.4. The van der Waals surface area contributed by atoms with E-state index in [0.717, 1.165) is 16.2 Å². The largest absolute Gasteiger partial charge is 0.493 e. The Morgan fingerprint density at radius 3 is 2.79 bits per heavy atom. The Balaban J connectivity index is 2.30. The van der Waals surface area contributed by atoms with Gasteiger partial charge in [0, 0.05) is 0 Å². The van der Waals surface area contributed by atoms with Crippen molar-refractivity contribution in [2.24, 2.45) is 0 Å². The molecule has 5 nitrogen and oxygen atoms in total. The minimum absolute atomic E-state index is 0.172. The molecule has 0 aliphatic rings. The van der Waals surface area contributed by atoms with Crippen LogP contribution in [0.5, 0.6) is 5.88 Å². The fraction of sp³-hybridized carbons (Fsp3) is 0.0833. The summed E-state index contributed by atoms with van der Waals surface area (Å²) in [7, 11) is 0. The first-order chi connectivity index (χ1) is 9.08. The summed E-state index contributed by atoms with van der Waals surface area (Å²) in [6, 6.07) is 3.72. The van der Waals surface area contributed by atoms with Crippen LogP contribution in [0, 0.1) is 6.92 Å². The molecule has 3 rings (SSSR count). The lowest BCUT2D eigenvalue weighted by molar-refractivity contribution is 0.0701. The predicted octanol–water partition coefficient (Wildman–Crippen LogP) is 3.13. The normalized spacial score (nSPS) is 11.0. The summed E-state index contributed by atoms with van der Waals surface area (Å²) in [5.41, 5.74) is 0.503. The Kier molecular flexibility index (Phi) is 2.72. The number of aromatic nitrogens is 2. The highest BCUT2D eigenvalue weighted by Crippen LogP contribution is 2.36. The second-order valence-corrected chi connectivity index (χ2v) is 5.84. The van der Waals surface area contributed by atoms with Gasteiger partial charge in [-0.3, -0.25) is 0 Å². The van der Waals surface area contributed by atoms with Crippen molar-refractivity contribution in [2.75, 3.05) is 0 Å². The fourth-order valence-electron chi connectivity index (χ4n) is 1.84. The van der Waals surface area contributed by atoms with Crippen molar-refractivity contribution in [1.29, 1.82) is 0 Å². The molecular formula is C12H8N2O3S2.